The molecule has 25 heavy (non-hydrogen) atoms. The van der Waals surface area contributed by atoms with Crippen LogP contribution in [-0.2, 0) is 16.1 Å². The lowest BCUT2D eigenvalue weighted by molar-refractivity contribution is -0.154. The third kappa shape index (κ3) is 3.92. The van der Waals surface area contributed by atoms with Gasteiger partial charge in [-0.3, -0.25) is 9.59 Å². The molecule has 1 N–H and O–H groups in total. The highest BCUT2D eigenvalue weighted by atomic mass is 16.5. The zero-order valence-electron chi connectivity index (χ0n) is 13.4. The van der Waals surface area contributed by atoms with Gasteiger partial charge >= 0.3 is 5.97 Å². The molecule has 0 radical (unpaired) electrons. The number of rotatable bonds is 4. The fraction of sp³-hybridized carbons (Fsp3) is 0.294. The summed E-state index contributed by atoms with van der Waals surface area (Å²) in [6.45, 7) is 0.629. The molecule has 0 saturated carbocycles. The summed E-state index contributed by atoms with van der Waals surface area (Å²) in [6.07, 6.45) is -1.05. The Morgan fingerprint density at radius 1 is 1.20 bits per heavy atom. The van der Waals surface area contributed by atoms with E-state index in [9.17, 15) is 14.4 Å². The van der Waals surface area contributed by atoms with Gasteiger partial charge in [0.2, 0.25) is 0 Å². The van der Waals surface area contributed by atoms with Gasteiger partial charge in [-0.1, -0.05) is 30.3 Å². The first-order valence-corrected chi connectivity index (χ1v) is 7.80. The molecule has 1 fully saturated rings. The van der Waals surface area contributed by atoms with Gasteiger partial charge in [0.15, 0.2) is 6.10 Å². The smallest absolute Gasteiger partial charge is 0.334 e. The minimum atomic E-state index is -1.11. The zero-order chi connectivity index (χ0) is 17.8. The van der Waals surface area contributed by atoms with Crippen molar-refractivity contribution in [3.63, 3.8) is 0 Å². The molecule has 8 heteroatoms. The van der Waals surface area contributed by atoms with Gasteiger partial charge in [0.25, 0.3) is 11.5 Å². The van der Waals surface area contributed by atoms with Gasteiger partial charge in [0.1, 0.15) is 5.69 Å². The number of benzene rings is 1. The summed E-state index contributed by atoms with van der Waals surface area (Å²) < 4.78 is 6.33. The molecule has 0 bridgehead atoms. The Labute approximate surface area is 143 Å². The maximum absolute atomic E-state index is 12.6. The zero-order valence-corrected chi connectivity index (χ0v) is 13.4. The average molecular weight is 343 g/mol. The van der Waals surface area contributed by atoms with Crippen molar-refractivity contribution in [1.82, 2.24) is 14.7 Å². The number of ether oxygens (including phenoxy) is 1. The summed E-state index contributed by atoms with van der Waals surface area (Å²) in [5.74, 6) is -1.53. The minimum Gasteiger partial charge on any atom is -0.479 e. The van der Waals surface area contributed by atoms with Gasteiger partial charge in [0, 0.05) is 12.6 Å². The summed E-state index contributed by atoms with van der Waals surface area (Å²) in [5, 5.41) is 13.2. The largest absolute Gasteiger partial charge is 0.479 e. The van der Waals surface area contributed by atoms with E-state index >= 15 is 0 Å². The fourth-order valence-corrected chi connectivity index (χ4v) is 2.58. The summed E-state index contributed by atoms with van der Waals surface area (Å²) in [4.78, 5) is 37.0. The Hall–Kier alpha value is -3.00. The normalized spacial score (nSPS) is 17.3. The second-order valence-electron chi connectivity index (χ2n) is 5.65. The lowest BCUT2D eigenvalue weighted by Crippen LogP contribution is -2.49. The molecule has 1 aliphatic heterocycles. The maximum atomic E-state index is 12.6. The van der Waals surface area contributed by atoms with Crippen molar-refractivity contribution in [3.05, 3.63) is 64.1 Å². The lowest BCUT2D eigenvalue weighted by Gasteiger charge is -2.30. The van der Waals surface area contributed by atoms with E-state index in [4.69, 9.17) is 9.84 Å². The number of hydrogen-bond donors (Lipinski definition) is 1. The van der Waals surface area contributed by atoms with Crippen LogP contribution in [0.25, 0.3) is 0 Å². The van der Waals surface area contributed by atoms with E-state index in [-0.39, 0.29) is 37.5 Å². The van der Waals surface area contributed by atoms with Crippen molar-refractivity contribution >= 4 is 11.9 Å². The van der Waals surface area contributed by atoms with Crippen molar-refractivity contribution in [2.24, 2.45) is 0 Å². The number of aromatic nitrogens is 2. The number of amides is 1. The van der Waals surface area contributed by atoms with Crippen molar-refractivity contribution in [1.29, 1.82) is 0 Å². The van der Waals surface area contributed by atoms with Crippen LogP contribution in [0.4, 0.5) is 0 Å². The first kappa shape index (κ1) is 16.8. The standard InChI is InChI=1S/C17H17N3O5/c21-15-7-6-13(18-20(15)10-12-4-2-1-3-5-12)16(22)19-8-9-25-14(11-19)17(23)24/h1-7,14H,8-11H2,(H,23,24). The molecule has 1 saturated heterocycles. The van der Waals surface area contributed by atoms with E-state index in [1.54, 1.807) is 0 Å². The van der Waals surface area contributed by atoms with Crippen molar-refractivity contribution < 1.29 is 19.4 Å². The number of carbonyl (C=O) groups is 2. The van der Waals surface area contributed by atoms with Crippen LogP contribution >= 0.6 is 0 Å². The second kappa shape index (κ2) is 7.27. The van der Waals surface area contributed by atoms with Crippen LogP contribution in [-0.4, -0.2) is 57.5 Å². The number of hydrogen-bond acceptors (Lipinski definition) is 5. The molecule has 8 nitrogen and oxygen atoms in total. The van der Waals surface area contributed by atoms with Gasteiger partial charge in [0.05, 0.1) is 19.7 Å². The Bertz CT molecular complexity index is 834. The first-order valence-electron chi connectivity index (χ1n) is 7.80. The molecular weight excluding hydrogens is 326 g/mol. The third-order valence-electron chi connectivity index (χ3n) is 3.89. The van der Waals surface area contributed by atoms with Crippen LogP contribution in [0.3, 0.4) is 0 Å². The van der Waals surface area contributed by atoms with Crippen LogP contribution in [0.2, 0.25) is 0 Å². The molecule has 1 aliphatic rings. The van der Waals surface area contributed by atoms with E-state index in [1.165, 1.54) is 21.7 Å². The lowest BCUT2D eigenvalue weighted by atomic mass is 10.2. The number of carboxylic acid groups (broad SMARTS) is 1. The van der Waals surface area contributed by atoms with Crippen LogP contribution in [0, 0.1) is 0 Å². The second-order valence-corrected chi connectivity index (χ2v) is 5.65. The predicted octanol–water partition coefficient (Wildman–Crippen LogP) is 0.217. The topological polar surface area (TPSA) is 102 Å². The summed E-state index contributed by atoms with van der Waals surface area (Å²) in [5.41, 5.74) is 0.673. The van der Waals surface area contributed by atoms with Gasteiger partial charge in [-0.15, -0.1) is 0 Å². The quantitative estimate of drug-likeness (QED) is 0.852. The van der Waals surface area contributed by atoms with E-state index in [2.05, 4.69) is 5.10 Å². The van der Waals surface area contributed by atoms with Gasteiger partial charge < -0.3 is 14.7 Å². The highest BCUT2D eigenvalue weighted by Crippen LogP contribution is 2.09. The molecule has 0 spiro atoms. The predicted molar refractivity (Wildman–Crippen MR) is 87.3 cm³/mol. The molecule has 130 valence electrons. The van der Waals surface area contributed by atoms with Crippen molar-refractivity contribution in [2.75, 3.05) is 19.7 Å². The monoisotopic (exact) mass is 343 g/mol. The Morgan fingerprint density at radius 3 is 2.68 bits per heavy atom. The molecule has 1 aromatic heterocycles. The SMILES string of the molecule is O=C(O)C1CN(C(=O)c2ccc(=O)n(Cc3ccccc3)n2)CCO1. The molecule has 3 rings (SSSR count). The van der Waals surface area contributed by atoms with Crippen LogP contribution in [0.5, 0.6) is 0 Å². The minimum absolute atomic E-state index is 0.0480. The fourth-order valence-electron chi connectivity index (χ4n) is 2.58. The summed E-state index contributed by atoms with van der Waals surface area (Å²) in [6, 6.07) is 12.0. The highest BCUT2D eigenvalue weighted by molar-refractivity contribution is 5.92. The summed E-state index contributed by atoms with van der Waals surface area (Å²) >= 11 is 0. The molecule has 1 aromatic carbocycles. The Balaban J connectivity index is 1.80. The molecule has 1 atom stereocenters. The van der Waals surface area contributed by atoms with E-state index in [0.29, 0.717) is 0 Å². The number of carbonyl (C=O) groups excluding carboxylic acids is 1. The molecular formula is C17H17N3O5. The van der Waals surface area contributed by atoms with E-state index < -0.39 is 18.0 Å². The van der Waals surface area contributed by atoms with Crippen LogP contribution in [0.15, 0.2) is 47.3 Å². The third-order valence-corrected chi connectivity index (χ3v) is 3.89. The van der Waals surface area contributed by atoms with Gasteiger partial charge in [-0.2, -0.15) is 5.10 Å². The molecule has 0 aliphatic carbocycles. The van der Waals surface area contributed by atoms with Crippen molar-refractivity contribution in [2.45, 2.75) is 12.6 Å². The number of nitrogens with zero attached hydrogens (tertiary/aromatic N) is 3. The summed E-state index contributed by atoms with van der Waals surface area (Å²) in [7, 11) is 0. The van der Waals surface area contributed by atoms with Crippen molar-refractivity contribution in [3.8, 4) is 0 Å². The number of morpholine rings is 1. The van der Waals surface area contributed by atoms with E-state index in [1.807, 2.05) is 30.3 Å². The highest BCUT2D eigenvalue weighted by Gasteiger charge is 2.30. The van der Waals surface area contributed by atoms with Crippen LogP contribution < -0.4 is 5.56 Å². The number of aliphatic carboxylic acids is 1. The molecule has 1 unspecified atom stereocenters. The Morgan fingerprint density at radius 2 is 1.96 bits per heavy atom. The molecule has 1 amide bonds. The van der Waals surface area contributed by atoms with E-state index in [0.717, 1.165) is 5.56 Å². The Kier molecular flexibility index (Phi) is 4.90. The molecule has 2 aromatic rings. The number of carboxylic acids is 1. The van der Waals surface area contributed by atoms with Gasteiger partial charge in [-0.25, -0.2) is 9.48 Å². The molecule has 2 heterocycles. The van der Waals surface area contributed by atoms with Crippen LogP contribution in [0.1, 0.15) is 16.1 Å². The van der Waals surface area contributed by atoms with Gasteiger partial charge in [-0.05, 0) is 11.6 Å². The maximum Gasteiger partial charge on any atom is 0.334 e. The first-order chi connectivity index (χ1) is 12.0. The average Bonchev–Trinajstić information content (AvgIpc) is 2.64.